The molecular formula is C20H20N2O3. The van der Waals surface area contributed by atoms with E-state index in [-0.39, 0.29) is 5.91 Å². The lowest BCUT2D eigenvalue weighted by Crippen LogP contribution is -2.25. The third kappa shape index (κ3) is 3.31. The average molecular weight is 336 g/mol. The molecule has 1 aliphatic rings. The van der Waals surface area contributed by atoms with Crippen LogP contribution in [0.3, 0.4) is 0 Å². The van der Waals surface area contributed by atoms with Crippen molar-refractivity contribution in [3.05, 3.63) is 60.3 Å². The van der Waals surface area contributed by atoms with Crippen molar-refractivity contribution in [1.82, 2.24) is 9.88 Å². The minimum atomic E-state index is -0.0886. The lowest BCUT2D eigenvalue weighted by Gasteiger charge is -2.18. The molecule has 0 saturated heterocycles. The Morgan fingerprint density at radius 2 is 1.88 bits per heavy atom. The van der Waals surface area contributed by atoms with E-state index < -0.39 is 0 Å². The van der Waals surface area contributed by atoms with Gasteiger partial charge in [0.1, 0.15) is 13.2 Å². The van der Waals surface area contributed by atoms with Crippen LogP contribution in [0.1, 0.15) is 16.8 Å². The van der Waals surface area contributed by atoms with Crippen molar-refractivity contribution in [2.24, 2.45) is 0 Å². The van der Waals surface area contributed by atoms with Gasteiger partial charge in [-0.2, -0.15) is 0 Å². The normalized spacial score (nSPS) is 13.0. The summed E-state index contributed by atoms with van der Waals surface area (Å²) >= 11 is 0. The molecule has 1 aromatic heterocycles. The Hall–Kier alpha value is -2.95. The zero-order chi connectivity index (χ0) is 17.1. The number of rotatable bonds is 5. The van der Waals surface area contributed by atoms with Gasteiger partial charge in [-0.25, -0.2) is 0 Å². The summed E-state index contributed by atoms with van der Waals surface area (Å²) in [5.74, 6) is 1.24. The predicted octanol–water partition coefficient (Wildman–Crippen LogP) is 3.23. The highest BCUT2D eigenvalue weighted by atomic mass is 16.6. The van der Waals surface area contributed by atoms with E-state index >= 15 is 0 Å². The van der Waals surface area contributed by atoms with E-state index in [1.165, 1.54) is 10.9 Å². The number of hydrogen-bond acceptors (Lipinski definition) is 3. The molecular weight excluding hydrogens is 316 g/mol. The second-order valence-electron chi connectivity index (χ2n) is 6.04. The number of benzene rings is 2. The van der Waals surface area contributed by atoms with Gasteiger partial charge in [-0.1, -0.05) is 18.2 Å². The number of aromatic nitrogens is 1. The summed E-state index contributed by atoms with van der Waals surface area (Å²) in [7, 11) is 0. The Kier molecular flexibility index (Phi) is 4.29. The highest BCUT2D eigenvalue weighted by molar-refractivity contribution is 5.94. The third-order valence-electron chi connectivity index (χ3n) is 4.35. The molecule has 5 heteroatoms. The van der Waals surface area contributed by atoms with Gasteiger partial charge < -0.3 is 19.4 Å². The van der Waals surface area contributed by atoms with Gasteiger partial charge in [-0.3, -0.25) is 4.79 Å². The fraction of sp³-hybridized carbons (Fsp3) is 0.250. The van der Waals surface area contributed by atoms with Crippen molar-refractivity contribution in [1.29, 1.82) is 0 Å². The summed E-state index contributed by atoms with van der Waals surface area (Å²) in [6, 6.07) is 15.7. The van der Waals surface area contributed by atoms with Crippen LogP contribution in [-0.2, 0) is 6.54 Å². The number of carbonyl (C=O) groups excluding carboxylic acids is 1. The summed E-state index contributed by atoms with van der Waals surface area (Å²) in [5.41, 5.74) is 1.82. The smallest absolute Gasteiger partial charge is 0.251 e. The Morgan fingerprint density at radius 3 is 2.80 bits per heavy atom. The molecule has 1 amide bonds. The molecule has 0 bridgehead atoms. The van der Waals surface area contributed by atoms with Crippen molar-refractivity contribution < 1.29 is 14.3 Å². The molecule has 3 aromatic rings. The number of nitrogens with one attached hydrogen (secondary N) is 1. The lowest BCUT2D eigenvalue weighted by molar-refractivity contribution is 0.0951. The van der Waals surface area contributed by atoms with Gasteiger partial charge in [0, 0.05) is 30.4 Å². The molecule has 0 radical (unpaired) electrons. The number of ether oxygens (including phenoxy) is 2. The largest absolute Gasteiger partial charge is 0.486 e. The first kappa shape index (κ1) is 15.6. The summed E-state index contributed by atoms with van der Waals surface area (Å²) in [4.78, 5) is 12.3. The van der Waals surface area contributed by atoms with Crippen LogP contribution in [0.15, 0.2) is 54.7 Å². The van der Waals surface area contributed by atoms with Gasteiger partial charge in [-0.15, -0.1) is 0 Å². The summed E-state index contributed by atoms with van der Waals surface area (Å²) < 4.78 is 13.2. The first-order chi connectivity index (χ1) is 12.3. The molecule has 25 heavy (non-hydrogen) atoms. The zero-order valence-electron chi connectivity index (χ0n) is 13.9. The number of nitrogens with zero attached hydrogens (tertiary/aromatic N) is 1. The molecule has 4 rings (SSSR count). The van der Waals surface area contributed by atoms with E-state index in [1.54, 1.807) is 18.2 Å². The average Bonchev–Trinajstić information content (AvgIpc) is 3.08. The van der Waals surface area contributed by atoms with Crippen LogP contribution in [-0.4, -0.2) is 30.2 Å². The van der Waals surface area contributed by atoms with Gasteiger partial charge in [0.15, 0.2) is 11.5 Å². The van der Waals surface area contributed by atoms with Crippen LogP contribution in [0.2, 0.25) is 0 Å². The van der Waals surface area contributed by atoms with E-state index in [0.717, 1.165) is 13.0 Å². The molecule has 0 atom stereocenters. The molecule has 0 saturated carbocycles. The van der Waals surface area contributed by atoms with Gasteiger partial charge in [-0.05, 0) is 42.1 Å². The Bertz CT molecular complexity index is 901. The molecule has 0 fully saturated rings. The van der Waals surface area contributed by atoms with Crippen molar-refractivity contribution >= 4 is 16.8 Å². The van der Waals surface area contributed by atoms with E-state index in [0.29, 0.717) is 36.8 Å². The molecule has 0 unspecified atom stereocenters. The summed E-state index contributed by atoms with van der Waals surface area (Å²) in [6.45, 7) is 2.56. The van der Waals surface area contributed by atoms with Crippen molar-refractivity contribution in [2.45, 2.75) is 13.0 Å². The fourth-order valence-corrected chi connectivity index (χ4v) is 3.07. The van der Waals surface area contributed by atoms with Gasteiger partial charge >= 0.3 is 0 Å². The van der Waals surface area contributed by atoms with Crippen molar-refractivity contribution in [3.8, 4) is 11.5 Å². The number of para-hydroxylation sites is 1. The van der Waals surface area contributed by atoms with Crippen LogP contribution in [0.25, 0.3) is 10.9 Å². The molecule has 0 spiro atoms. The van der Waals surface area contributed by atoms with Crippen LogP contribution in [0, 0.1) is 0 Å². The van der Waals surface area contributed by atoms with Crippen molar-refractivity contribution in [3.63, 3.8) is 0 Å². The lowest BCUT2D eigenvalue weighted by atomic mass is 10.2. The SMILES string of the molecule is O=C(NCCCn1ccc2ccccc21)c1ccc2c(c1)OCCO2. The van der Waals surface area contributed by atoms with Crippen LogP contribution in [0.5, 0.6) is 11.5 Å². The van der Waals surface area contributed by atoms with Gasteiger partial charge in [0.05, 0.1) is 0 Å². The number of fused-ring (bicyclic) bond motifs is 2. The topological polar surface area (TPSA) is 52.5 Å². The highest BCUT2D eigenvalue weighted by Gasteiger charge is 2.14. The standard InChI is InChI=1S/C20H20N2O3/c23-20(16-6-7-18-19(14-16)25-13-12-24-18)21-9-3-10-22-11-8-15-4-1-2-5-17(15)22/h1-2,4-8,11,14H,3,9-10,12-13H2,(H,21,23). The molecule has 5 nitrogen and oxygen atoms in total. The summed E-state index contributed by atoms with van der Waals surface area (Å²) in [6.07, 6.45) is 2.96. The van der Waals surface area contributed by atoms with Crippen LogP contribution in [0.4, 0.5) is 0 Å². The Morgan fingerprint density at radius 1 is 1.04 bits per heavy atom. The second-order valence-corrected chi connectivity index (χ2v) is 6.04. The molecule has 1 N–H and O–H groups in total. The van der Waals surface area contributed by atoms with Gasteiger partial charge in [0.2, 0.25) is 0 Å². The molecule has 2 heterocycles. The minimum absolute atomic E-state index is 0.0886. The summed E-state index contributed by atoms with van der Waals surface area (Å²) in [5, 5.41) is 4.21. The molecule has 2 aromatic carbocycles. The first-order valence-corrected chi connectivity index (χ1v) is 8.53. The second kappa shape index (κ2) is 6.89. The van der Waals surface area contributed by atoms with Crippen LogP contribution >= 0.6 is 0 Å². The van der Waals surface area contributed by atoms with Gasteiger partial charge in [0.25, 0.3) is 5.91 Å². The first-order valence-electron chi connectivity index (χ1n) is 8.53. The maximum atomic E-state index is 12.3. The van der Waals surface area contributed by atoms with E-state index in [1.807, 2.05) is 12.1 Å². The third-order valence-corrected chi connectivity index (χ3v) is 4.35. The van der Waals surface area contributed by atoms with E-state index in [2.05, 4.69) is 34.3 Å². The predicted molar refractivity (Wildman–Crippen MR) is 96.3 cm³/mol. The number of carbonyl (C=O) groups is 1. The minimum Gasteiger partial charge on any atom is -0.486 e. The molecule has 128 valence electrons. The van der Waals surface area contributed by atoms with E-state index in [4.69, 9.17) is 9.47 Å². The molecule has 1 aliphatic heterocycles. The maximum Gasteiger partial charge on any atom is 0.251 e. The number of aryl methyl sites for hydroxylation is 1. The monoisotopic (exact) mass is 336 g/mol. The maximum absolute atomic E-state index is 12.3. The number of amides is 1. The highest BCUT2D eigenvalue weighted by Crippen LogP contribution is 2.30. The van der Waals surface area contributed by atoms with Crippen LogP contribution < -0.4 is 14.8 Å². The zero-order valence-corrected chi connectivity index (χ0v) is 13.9. The molecule has 0 aliphatic carbocycles. The van der Waals surface area contributed by atoms with E-state index in [9.17, 15) is 4.79 Å². The Labute approximate surface area is 146 Å². The van der Waals surface area contributed by atoms with Crippen molar-refractivity contribution in [2.75, 3.05) is 19.8 Å². The fourth-order valence-electron chi connectivity index (χ4n) is 3.07. The quantitative estimate of drug-likeness (QED) is 0.728. The Balaban J connectivity index is 1.32. The number of hydrogen-bond donors (Lipinski definition) is 1.